The molecule has 0 N–H and O–H groups in total. The Hall–Kier alpha value is -1.11. The van der Waals surface area contributed by atoms with E-state index in [4.69, 9.17) is 6.13 Å². The number of hydrogen-bond donors (Lipinski definition) is 0. The summed E-state index contributed by atoms with van der Waals surface area (Å²) in [5.41, 5.74) is -0.275. The van der Waals surface area contributed by atoms with E-state index in [1.165, 1.54) is 12.8 Å². The Morgan fingerprint density at radius 2 is 1.80 bits per heavy atom. The van der Waals surface area contributed by atoms with E-state index in [1.807, 2.05) is 44.2 Å². The summed E-state index contributed by atoms with van der Waals surface area (Å²) >= 11 is -2.79. The van der Waals surface area contributed by atoms with Crippen molar-refractivity contribution in [1.82, 2.24) is 0 Å². The van der Waals surface area contributed by atoms with E-state index in [9.17, 15) is 9.59 Å². The third-order valence-corrected chi connectivity index (χ3v) is 9.86. The topological polar surface area (TPSA) is 52.6 Å². The van der Waals surface area contributed by atoms with Gasteiger partial charge in [0.25, 0.3) is 0 Å². The van der Waals surface area contributed by atoms with Gasteiger partial charge < -0.3 is 0 Å². The molecule has 1 aromatic carbocycles. The number of carbonyl (C=O) groups excluding carboxylic acids is 2. The third kappa shape index (κ3) is 2.88. The van der Waals surface area contributed by atoms with Gasteiger partial charge in [0.05, 0.1) is 0 Å². The Morgan fingerprint density at radius 3 is 2.32 bits per heavy atom. The van der Waals surface area contributed by atoms with E-state index in [0.29, 0.717) is 5.92 Å². The fraction of sp³-hybridized carbons (Fsp3) is 0.600. The zero-order valence-electron chi connectivity index (χ0n) is 14.7. The van der Waals surface area contributed by atoms with E-state index in [2.05, 4.69) is 0 Å². The van der Waals surface area contributed by atoms with Gasteiger partial charge in [-0.05, 0) is 0 Å². The van der Waals surface area contributed by atoms with Crippen LogP contribution in [-0.4, -0.2) is 11.9 Å². The second kappa shape index (κ2) is 6.56. The number of rotatable bonds is 6. The van der Waals surface area contributed by atoms with Crippen molar-refractivity contribution in [2.75, 3.05) is 0 Å². The monoisotopic (exact) mass is 456 g/mol. The van der Waals surface area contributed by atoms with Crippen molar-refractivity contribution >= 4 is 32.6 Å². The fourth-order valence-electron chi connectivity index (χ4n) is 4.92. The predicted molar refractivity (Wildman–Crippen MR) is 102 cm³/mol. The number of benzene rings is 1. The van der Waals surface area contributed by atoms with Crippen molar-refractivity contribution in [3.8, 4) is 0 Å². The molecule has 3 atom stereocenters. The molecule has 4 bridgehead atoms. The van der Waals surface area contributed by atoms with Gasteiger partial charge in [-0.3, -0.25) is 0 Å². The molecule has 0 amide bonds. The first kappa shape index (κ1) is 17.3. The maximum atomic E-state index is 13.1. The number of carbonyl (C=O) groups is 2. The molecule has 4 aliphatic rings. The Bertz CT molecular complexity index is 660. The van der Waals surface area contributed by atoms with Gasteiger partial charge in [0.15, 0.2) is 0 Å². The summed E-state index contributed by atoms with van der Waals surface area (Å²) in [6.45, 7) is 3.82. The minimum absolute atomic E-state index is 0.0917. The van der Waals surface area contributed by atoms with Crippen molar-refractivity contribution in [1.29, 1.82) is 0 Å². The average molecular weight is 456 g/mol. The summed E-state index contributed by atoms with van der Waals surface area (Å²) < 4.78 is 12.6. The maximum absolute atomic E-state index is 13.1. The zero-order valence-corrected chi connectivity index (χ0v) is 16.9. The molecule has 4 fully saturated rings. The average Bonchev–Trinajstić information content (AvgIpc) is 3.36. The van der Waals surface area contributed by atoms with Gasteiger partial charge in [-0.1, -0.05) is 0 Å². The van der Waals surface area contributed by atoms with Gasteiger partial charge in [-0.15, -0.1) is 0 Å². The van der Waals surface area contributed by atoms with Crippen LogP contribution in [0, 0.1) is 32.7 Å². The van der Waals surface area contributed by atoms with Gasteiger partial charge >= 0.3 is 157 Å². The molecule has 5 heteroatoms. The molecule has 136 valence electrons. The molecule has 25 heavy (non-hydrogen) atoms. The first-order valence-electron chi connectivity index (χ1n) is 9.23. The molecule has 0 radical (unpaired) electrons. The van der Waals surface area contributed by atoms with Crippen LogP contribution in [0.5, 0.6) is 0 Å². The van der Waals surface area contributed by atoms with Crippen LogP contribution < -0.4 is 0 Å². The normalized spacial score (nSPS) is 33.4. The van der Waals surface area contributed by atoms with Crippen LogP contribution >= 0.6 is 20.6 Å². The molecule has 0 spiro atoms. The van der Waals surface area contributed by atoms with Crippen LogP contribution in [-0.2, 0) is 15.7 Å². The van der Waals surface area contributed by atoms with Crippen molar-refractivity contribution in [2.24, 2.45) is 29.1 Å². The molecule has 0 heterocycles. The van der Waals surface area contributed by atoms with Crippen LogP contribution in [0.4, 0.5) is 0 Å². The predicted octanol–water partition coefficient (Wildman–Crippen LogP) is 4.76. The van der Waals surface area contributed by atoms with Crippen molar-refractivity contribution < 1.29 is 15.7 Å². The van der Waals surface area contributed by atoms with Crippen LogP contribution in [0.3, 0.4) is 0 Å². The molecule has 3 unspecified atom stereocenters. The van der Waals surface area contributed by atoms with Gasteiger partial charge in [0.2, 0.25) is 0 Å². The fourth-order valence-corrected chi connectivity index (χ4v) is 8.15. The number of hydrogen-bond acceptors (Lipinski definition) is 4. The summed E-state index contributed by atoms with van der Waals surface area (Å²) in [5.74, 6) is 1.43. The quantitative estimate of drug-likeness (QED) is 0.580. The summed E-state index contributed by atoms with van der Waals surface area (Å²) in [4.78, 5) is 25.4. The summed E-state index contributed by atoms with van der Waals surface area (Å²) in [6.07, 6.45) is 5.07. The van der Waals surface area contributed by atoms with E-state index in [0.717, 1.165) is 34.7 Å². The molecule has 0 aliphatic heterocycles. The molecule has 4 aliphatic carbocycles. The van der Waals surface area contributed by atoms with Gasteiger partial charge in [0.1, 0.15) is 0 Å². The Labute approximate surface area is 157 Å². The van der Waals surface area contributed by atoms with Crippen molar-refractivity contribution in [3.63, 3.8) is 0 Å². The molecule has 0 saturated heterocycles. The van der Waals surface area contributed by atoms with E-state index >= 15 is 0 Å². The minimum atomic E-state index is -2.79. The Morgan fingerprint density at radius 1 is 1.16 bits per heavy atom. The SMILES string of the molecule is CCC(C)C(=O)OI(OC(=O)C12CC3CC1CC3C2)c1ccccc1. The Kier molecular flexibility index (Phi) is 4.54. The molecule has 4 saturated carbocycles. The third-order valence-electron chi connectivity index (χ3n) is 6.49. The number of halogens is 1. The van der Waals surface area contributed by atoms with Crippen LogP contribution in [0.1, 0.15) is 46.0 Å². The van der Waals surface area contributed by atoms with E-state index in [1.54, 1.807) is 0 Å². The molecule has 1 aromatic rings. The van der Waals surface area contributed by atoms with Gasteiger partial charge in [-0.25, -0.2) is 0 Å². The summed E-state index contributed by atoms with van der Waals surface area (Å²) in [6, 6.07) is 9.54. The van der Waals surface area contributed by atoms with E-state index in [-0.39, 0.29) is 23.3 Å². The van der Waals surface area contributed by atoms with Crippen LogP contribution in [0.2, 0.25) is 0 Å². The van der Waals surface area contributed by atoms with Gasteiger partial charge in [-0.2, -0.15) is 0 Å². The molecule has 0 aromatic heterocycles. The molecule has 4 nitrogen and oxygen atoms in total. The molecular weight excluding hydrogens is 431 g/mol. The van der Waals surface area contributed by atoms with Crippen molar-refractivity contribution in [3.05, 3.63) is 33.9 Å². The second-order valence-corrected chi connectivity index (χ2v) is 11.2. The molecular formula is C20H25IO4. The Balaban J connectivity index is 1.52. The van der Waals surface area contributed by atoms with Crippen LogP contribution in [0.15, 0.2) is 30.3 Å². The van der Waals surface area contributed by atoms with Crippen LogP contribution in [0.25, 0.3) is 0 Å². The standard InChI is InChI=1S/C20H25IO4/c1-3-13(2)18(22)24-21(17-7-5-4-6-8-17)25-19(23)20-11-14-9-16(20)10-15(14)12-20/h4-8,13-16H,3,9-12H2,1-2H3. The first-order chi connectivity index (χ1) is 12.0. The zero-order chi connectivity index (χ0) is 17.6. The summed E-state index contributed by atoms with van der Waals surface area (Å²) in [5, 5.41) is 0. The van der Waals surface area contributed by atoms with Gasteiger partial charge in [0, 0.05) is 0 Å². The molecule has 5 rings (SSSR count). The summed E-state index contributed by atoms with van der Waals surface area (Å²) in [7, 11) is 0. The second-order valence-electron chi connectivity index (χ2n) is 7.84. The van der Waals surface area contributed by atoms with E-state index < -0.39 is 20.6 Å². The van der Waals surface area contributed by atoms with Crippen molar-refractivity contribution in [2.45, 2.75) is 46.0 Å². The first-order valence-corrected chi connectivity index (χ1v) is 12.1.